The highest BCUT2D eigenvalue weighted by Crippen LogP contribution is 2.60. The maximum absolute atomic E-state index is 16.1. The average molecular weight is 634 g/mol. The molecule has 2 amide bonds. The third-order valence-electron chi connectivity index (χ3n) is 9.84. The number of carbonyl (C=O) groups excluding carboxylic acids is 2. The summed E-state index contributed by atoms with van der Waals surface area (Å²) in [6.07, 6.45) is 2.42. The van der Waals surface area contributed by atoms with Crippen LogP contribution in [0, 0.1) is 5.92 Å². The number of aromatic nitrogens is 1. The SMILES string of the molecule is COc1cccn(-c2ccc(CN3C(=O)[C@@]4(O[C@@H](CC(=O)N5CCC[C@H]5CO)[C@H]([Si](C)(C)F)[C@H]4C)c4ccccc43)cc2)c1=O. The lowest BCUT2D eigenvalue weighted by Crippen LogP contribution is -2.45. The van der Waals surface area contributed by atoms with Crippen molar-refractivity contribution < 1.29 is 28.3 Å². The van der Waals surface area contributed by atoms with Crippen molar-refractivity contribution in [1.82, 2.24) is 9.47 Å². The molecular formula is C34H40FN3O6Si. The Bertz CT molecular complexity index is 1660. The Morgan fingerprint density at radius 1 is 1.11 bits per heavy atom. The summed E-state index contributed by atoms with van der Waals surface area (Å²) in [6.45, 7) is 5.82. The number of ether oxygens (including phenoxy) is 2. The minimum atomic E-state index is -3.43. The Kier molecular flexibility index (Phi) is 8.21. The van der Waals surface area contributed by atoms with Crippen molar-refractivity contribution in [2.24, 2.45) is 5.92 Å². The van der Waals surface area contributed by atoms with Gasteiger partial charge in [-0.25, -0.2) is 0 Å². The van der Waals surface area contributed by atoms with Gasteiger partial charge in [0, 0.05) is 35.5 Å². The molecule has 0 aliphatic carbocycles. The van der Waals surface area contributed by atoms with Crippen LogP contribution < -0.4 is 15.2 Å². The largest absolute Gasteiger partial charge is 0.491 e. The van der Waals surface area contributed by atoms with E-state index in [0.717, 1.165) is 18.4 Å². The Morgan fingerprint density at radius 3 is 2.53 bits per heavy atom. The molecule has 11 heteroatoms. The summed E-state index contributed by atoms with van der Waals surface area (Å²) in [4.78, 5) is 44.1. The third kappa shape index (κ3) is 5.20. The quantitative estimate of drug-likeness (QED) is 0.289. The number of benzene rings is 2. The Morgan fingerprint density at radius 2 is 1.84 bits per heavy atom. The minimum absolute atomic E-state index is 0.0336. The number of para-hydroxylation sites is 1. The van der Waals surface area contributed by atoms with Gasteiger partial charge in [-0.2, -0.15) is 0 Å². The number of pyridine rings is 1. The van der Waals surface area contributed by atoms with Crippen LogP contribution in [0.25, 0.3) is 5.69 Å². The molecule has 0 bridgehead atoms. The summed E-state index contributed by atoms with van der Waals surface area (Å²) in [5.74, 6) is -0.704. The molecule has 6 rings (SSSR count). The standard InChI is InChI=1S/C34H40FN3O6Si/c1-22-31(45(3,4)35)29(19-30(40)36-17-7-9-25(36)21-39)44-34(22)26-10-5-6-11-27(26)38(33(34)42)20-23-13-15-24(16-14-23)37-18-8-12-28(43-2)32(37)41/h5-6,8,10-16,18,22,25,29,31,39H,7,9,17,19-21H2,1-4H3/t22-,25+,29+,31-,34+/m1/s1. The Balaban J connectivity index is 1.31. The maximum atomic E-state index is 16.1. The zero-order chi connectivity index (χ0) is 32.1. The van der Waals surface area contributed by atoms with Crippen LogP contribution in [0.1, 0.15) is 37.3 Å². The van der Waals surface area contributed by atoms with E-state index in [9.17, 15) is 19.5 Å². The van der Waals surface area contributed by atoms with Gasteiger partial charge in [0.25, 0.3) is 11.5 Å². The molecule has 1 aromatic heterocycles. The van der Waals surface area contributed by atoms with Gasteiger partial charge in [-0.15, -0.1) is 0 Å². The molecule has 238 valence electrons. The van der Waals surface area contributed by atoms with Crippen molar-refractivity contribution in [2.45, 2.75) is 69.1 Å². The normalized spacial score (nSPS) is 26.1. The molecule has 2 saturated heterocycles. The predicted octanol–water partition coefficient (Wildman–Crippen LogP) is 4.54. The van der Waals surface area contributed by atoms with Crippen LogP contribution in [0.15, 0.2) is 71.7 Å². The van der Waals surface area contributed by atoms with E-state index in [1.54, 1.807) is 41.2 Å². The number of anilines is 1. The van der Waals surface area contributed by atoms with Gasteiger partial charge in [0.05, 0.1) is 44.5 Å². The fourth-order valence-electron chi connectivity index (χ4n) is 7.78. The first-order chi connectivity index (χ1) is 21.5. The van der Waals surface area contributed by atoms with Crippen LogP contribution in [0.4, 0.5) is 9.80 Å². The van der Waals surface area contributed by atoms with E-state index >= 15 is 4.11 Å². The van der Waals surface area contributed by atoms with Gasteiger partial charge < -0.3 is 28.5 Å². The second kappa shape index (κ2) is 11.8. The number of hydrogen-bond donors (Lipinski definition) is 1. The molecule has 2 fully saturated rings. The monoisotopic (exact) mass is 633 g/mol. The van der Waals surface area contributed by atoms with Crippen molar-refractivity contribution in [2.75, 3.05) is 25.2 Å². The number of methoxy groups -OCH3 is 1. The second-order valence-corrected chi connectivity index (χ2v) is 16.7. The number of aliphatic hydroxyl groups is 1. The van der Waals surface area contributed by atoms with Crippen LogP contribution in [0.5, 0.6) is 5.75 Å². The number of rotatable bonds is 8. The molecule has 3 aliphatic rings. The molecule has 5 atom stereocenters. The summed E-state index contributed by atoms with van der Waals surface area (Å²) in [5.41, 5.74) is 0.608. The highest BCUT2D eigenvalue weighted by Gasteiger charge is 2.67. The molecule has 2 aromatic carbocycles. The molecule has 0 radical (unpaired) electrons. The summed E-state index contributed by atoms with van der Waals surface area (Å²) < 4.78 is 29.5. The maximum Gasteiger partial charge on any atom is 0.297 e. The van der Waals surface area contributed by atoms with Gasteiger partial charge in [0.1, 0.15) is 0 Å². The first-order valence-electron chi connectivity index (χ1n) is 15.5. The van der Waals surface area contributed by atoms with E-state index in [1.807, 2.05) is 55.5 Å². The molecule has 0 saturated carbocycles. The molecule has 3 aromatic rings. The number of carbonyl (C=O) groups is 2. The zero-order valence-electron chi connectivity index (χ0n) is 26.1. The van der Waals surface area contributed by atoms with Crippen molar-refractivity contribution in [3.05, 3.63) is 88.3 Å². The Hall–Kier alpha value is -3.80. The number of fused-ring (bicyclic) bond motifs is 2. The van der Waals surface area contributed by atoms with Gasteiger partial charge in [0.15, 0.2) is 11.4 Å². The Labute approximate surface area is 263 Å². The fourth-order valence-corrected chi connectivity index (χ4v) is 10.3. The number of nitrogens with zero attached hydrogens (tertiary/aromatic N) is 3. The van der Waals surface area contributed by atoms with Crippen molar-refractivity contribution >= 4 is 25.9 Å². The van der Waals surface area contributed by atoms with Gasteiger partial charge in [-0.3, -0.25) is 19.0 Å². The van der Waals surface area contributed by atoms with Crippen LogP contribution in [-0.2, 0) is 26.5 Å². The predicted molar refractivity (Wildman–Crippen MR) is 171 cm³/mol. The average Bonchev–Trinajstić information content (AvgIpc) is 3.68. The number of halogens is 1. The molecule has 4 heterocycles. The lowest BCUT2D eigenvalue weighted by molar-refractivity contribution is -0.150. The van der Waals surface area contributed by atoms with Gasteiger partial charge >= 0.3 is 0 Å². The first-order valence-corrected chi connectivity index (χ1v) is 18.5. The topological polar surface area (TPSA) is 101 Å². The molecule has 3 aliphatic heterocycles. The molecule has 0 unspecified atom stereocenters. The molecular weight excluding hydrogens is 593 g/mol. The third-order valence-corrected chi connectivity index (χ3v) is 12.3. The number of hydrogen-bond acceptors (Lipinski definition) is 6. The summed E-state index contributed by atoms with van der Waals surface area (Å²) in [6, 6.07) is 18.0. The highest BCUT2D eigenvalue weighted by atomic mass is 28.4. The smallest absolute Gasteiger partial charge is 0.297 e. The van der Waals surface area contributed by atoms with Crippen molar-refractivity contribution in [1.29, 1.82) is 0 Å². The van der Waals surface area contributed by atoms with E-state index in [4.69, 9.17) is 9.47 Å². The zero-order valence-corrected chi connectivity index (χ0v) is 27.1. The summed E-state index contributed by atoms with van der Waals surface area (Å²) in [5, 5.41) is 9.79. The number of aliphatic hydroxyl groups excluding tert-OH is 1. The fraction of sp³-hybridized carbons (Fsp3) is 0.441. The van der Waals surface area contributed by atoms with Gasteiger partial charge in [0.2, 0.25) is 14.3 Å². The van der Waals surface area contributed by atoms with Gasteiger partial charge in [-0.1, -0.05) is 37.3 Å². The molecule has 1 N–H and O–H groups in total. The second-order valence-electron chi connectivity index (χ2n) is 12.9. The van der Waals surface area contributed by atoms with E-state index in [2.05, 4.69) is 0 Å². The van der Waals surface area contributed by atoms with Crippen LogP contribution in [0.3, 0.4) is 0 Å². The number of amides is 2. The van der Waals surface area contributed by atoms with Crippen LogP contribution >= 0.6 is 0 Å². The van der Waals surface area contributed by atoms with E-state index in [0.29, 0.717) is 23.5 Å². The van der Waals surface area contributed by atoms with Gasteiger partial charge in [-0.05, 0) is 61.8 Å². The van der Waals surface area contributed by atoms with Crippen LogP contribution in [-0.4, -0.2) is 67.2 Å². The minimum Gasteiger partial charge on any atom is -0.491 e. The highest BCUT2D eigenvalue weighted by molar-refractivity contribution is 6.72. The summed E-state index contributed by atoms with van der Waals surface area (Å²) >= 11 is 0. The van der Waals surface area contributed by atoms with E-state index in [-0.39, 0.29) is 48.7 Å². The van der Waals surface area contributed by atoms with Crippen molar-refractivity contribution in [3.8, 4) is 11.4 Å². The molecule has 1 spiro atoms. The first kappa shape index (κ1) is 31.2. The lowest BCUT2D eigenvalue weighted by atomic mass is 9.82. The lowest BCUT2D eigenvalue weighted by Gasteiger charge is -2.31. The van der Waals surface area contributed by atoms with Crippen molar-refractivity contribution in [3.63, 3.8) is 0 Å². The van der Waals surface area contributed by atoms with E-state index in [1.165, 1.54) is 11.7 Å². The summed E-state index contributed by atoms with van der Waals surface area (Å²) in [7, 11) is -1.97. The number of likely N-dealkylation sites (tertiary alicyclic amines) is 1. The van der Waals surface area contributed by atoms with Crippen LogP contribution in [0.2, 0.25) is 18.6 Å². The molecule has 9 nitrogen and oxygen atoms in total. The van der Waals surface area contributed by atoms with E-state index < -0.39 is 31.6 Å². The molecule has 45 heavy (non-hydrogen) atoms.